The fourth-order valence-corrected chi connectivity index (χ4v) is 4.64. The zero-order valence-corrected chi connectivity index (χ0v) is 13.4. The summed E-state index contributed by atoms with van der Waals surface area (Å²) in [6.07, 6.45) is 12.1. The Morgan fingerprint density at radius 2 is 2.00 bits per heavy atom. The molecule has 3 nitrogen and oxygen atoms in total. The van der Waals surface area contributed by atoms with Crippen LogP contribution in [0.2, 0.25) is 0 Å². The predicted octanol–water partition coefficient (Wildman–Crippen LogP) is 3.34. The number of fused-ring (bicyclic) bond motifs is 1. The molecular formula is C18H28NO2+. The number of rotatable bonds is 1. The van der Waals surface area contributed by atoms with Crippen LogP contribution in [0.5, 0.6) is 0 Å². The topological polar surface area (TPSA) is 43.5 Å². The van der Waals surface area contributed by atoms with Crippen LogP contribution in [-0.4, -0.2) is 39.4 Å². The highest BCUT2D eigenvalue weighted by molar-refractivity contribution is 5.65. The first-order chi connectivity index (χ1) is 9.97. The number of nitrogens with zero attached hydrogens (tertiary/aromatic N) is 1. The van der Waals surface area contributed by atoms with Crippen molar-refractivity contribution in [2.24, 2.45) is 5.41 Å². The lowest BCUT2D eigenvalue weighted by molar-refractivity contribution is -0.577. The van der Waals surface area contributed by atoms with Gasteiger partial charge in [-0.15, -0.1) is 0 Å². The van der Waals surface area contributed by atoms with Crippen LogP contribution in [0, 0.1) is 5.41 Å². The van der Waals surface area contributed by atoms with E-state index >= 15 is 0 Å². The average molecular weight is 290 g/mol. The van der Waals surface area contributed by atoms with Crippen molar-refractivity contribution in [2.75, 3.05) is 13.1 Å². The van der Waals surface area contributed by atoms with Crippen molar-refractivity contribution in [1.82, 2.24) is 0 Å². The lowest BCUT2D eigenvalue weighted by Crippen LogP contribution is -2.61. The number of piperidine rings is 1. The molecule has 2 N–H and O–H groups in total. The van der Waals surface area contributed by atoms with Gasteiger partial charge in [0.2, 0.25) is 0 Å². The van der Waals surface area contributed by atoms with Crippen molar-refractivity contribution in [2.45, 2.75) is 64.4 Å². The SMILES string of the molecule is CC1=CC(C23CCCC[C@@]2(O)C[N+](=C(C)O)CC3)=CCC1. The van der Waals surface area contributed by atoms with Gasteiger partial charge < -0.3 is 10.2 Å². The fraction of sp³-hybridized carbons (Fsp3) is 0.722. The number of aliphatic hydroxyl groups excluding tert-OH is 1. The number of aliphatic hydroxyl groups is 2. The van der Waals surface area contributed by atoms with Crippen molar-refractivity contribution in [3.63, 3.8) is 0 Å². The Kier molecular flexibility index (Phi) is 3.73. The summed E-state index contributed by atoms with van der Waals surface area (Å²) in [6, 6.07) is 0. The van der Waals surface area contributed by atoms with E-state index in [0.29, 0.717) is 12.4 Å². The van der Waals surface area contributed by atoms with E-state index in [9.17, 15) is 10.2 Å². The molecule has 1 heterocycles. The lowest BCUT2D eigenvalue weighted by Gasteiger charge is -2.52. The second-order valence-electron chi connectivity index (χ2n) is 7.23. The number of hydrogen-bond donors (Lipinski definition) is 2. The summed E-state index contributed by atoms with van der Waals surface area (Å²) in [7, 11) is 0. The first-order valence-electron chi connectivity index (χ1n) is 8.35. The van der Waals surface area contributed by atoms with Crippen molar-refractivity contribution in [3.8, 4) is 0 Å². The summed E-state index contributed by atoms with van der Waals surface area (Å²) in [6.45, 7) is 5.34. The van der Waals surface area contributed by atoms with E-state index in [1.807, 2.05) is 4.58 Å². The molecule has 21 heavy (non-hydrogen) atoms. The Morgan fingerprint density at radius 1 is 1.24 bits per heavy atom. The molecule has 2 atom stereocenters. The lowest BCUT2D eigenvalue weighted by atomic mass is 9.55. The van der Waals surface area contributed by atoms with Gasteiger partial charge >= 0.3 is 5.90 Å². The monoisotopic (exact) mass is 290 g/mol. The van der Waals surface area contributed by atoms with E-state index in [4.69, 9.17) is 0 Å². The van der Waals surface area contributed by atoms with Crippen LogP contribution >= 0.6 is 0 Å². The Hall–Kier alpha value is -1.09. The van der Waals surface area contributed by atoms with Gasteiger partial charge in [-0.3, -0.25) is 0 Å². The maximum Gasteiger partial charge on any atom is 0.330 e. The third-order valence-electron chi connectivity index (χ3n) is 5.91. The largest absolute Gasteiger partial charge is 0.464 e. The van der Waals surface area contributed by atoms with Crippen molar-refractivity contribution in [1.29, 1.82) is 0 Å². The van der Waals surface area contributed by atoms with E-state index in [1.54, 1.807) is 6.92 Å². The summed E-state index contributed by atoms with van der Waals surface area (Å²) in [5.41, 5.74) is 2.00. The Bertz CT molecular complexity index is 527. The van der Waals surface area contributed by atoms with Crippen molar-refractivity contribution in [3.05, 3.63) is 23.3 Å². The number of allylic oxidation sites excluding steroid dienone is 3. The van der Waals surface area contributed by atoms with Gasteiger partial charge in [0.15, 0.2) is 6.54 Å². The molecule has 1 saturated heterocycles. The molecule has 1 unspecified atom stereocenters. The summed E-state index contributed by atoms with van der Waals surface area (Å²) < 4.78 is 1.95. The second kappa shape index (κ2) is 5.28. The van der Waals surface area contributed by atoms with Crippen LogP contribution in [0.25, 0.3) is 0 Å². The van der Waals surface area contributed by atoms with Crippen LogP contribution in [0.15, 0.2) is 23.3 Å². The van der Waals surface area contributed by atoms with Gasteiger partial charge in [0.1, 0.15) is 12.1 Å². The Labute approximate surface area is 127 Å². The molecule has 0 amide bonds. The van der Waals surface area contributed by atoms with Gasteiger partial charge in [0.05, 0.1) is 6.92 Å². The molecular weight excluding hydrogens is 262 g/mol. The molecule has 2 fully saturated rings. The standard InChI is InChI=1S/C18H27NO2/c1-14-6-5-7-16(12-14)17-8-3-4-9-18(17,21)13-19(11-10-17)15(2)20/h7,12,21H,3-6,8-11,13H2,1-2H3/p+1/t17?,18-/m1/s1. The van der Waals surface area contributed by atoms with Crippen LogP contribution in [0.4, 0.5) is 0 Å². The Morgan fingerprint density at radius 3 is 2.71 bits per heavy atom. The maximum absolute atomic E-state index is 11.5. The minimum absolute atomic E-state index is 0.0983. The maximum atomic E-state index is 11.5. The zero-order valence-electron chi connectivity index (χ0n) is 13.4. The third-order valence-corrected chi connectivity index (χ3v) is 5.91. The molecule has 1 aliphatic heterocycles. The van der Waals surface area contributed by atoms with E-state index in [-0.39, 0.29) is 5.41 Å². The molecule has 3 aliphatic rings. The molecule has 0 aromatic rings. The summed E-state index contributed by atoms with van der Waals surface area (Å²) >= 11 is 0. The quantitative estimate of drug-likeness (QED) is 0.574. The predicted molar refractivity (Wildman–Crippen MR) is 84.8 cm³/mol. The smallest absolute Gasteiger partial charge is 0.330 e. The van der Waals surface area contributed by atoms with Crippen molar-refractivity contribution < 1.29 is 14.8 Å². The summed E-state index contributed by atoms with van der Waals surface area (Å²) in [4.78, 5) is 0. The van der Waals surface area contributed by atoms with Crippen LogP contribution in [0.1, 0.15) is 58.8 Å². The van der Waals surface area contributed by atoms with Gasteiger partial charge in [0, 0.05) is 11.8 Å². The molecule has 0 bridgehead atoms. The number of hydrogen-bond acceptors (Lipinski definition) is 1. The Balaban J connectivity index is 2.02. The molecule has 3 heteroatoms. The van der Waals surface area contributed by atoms with Gasteiger partial charge in [-0.05, 0) is 38.2 Å². The minimum atomic E-state index is -0.701. The van der Waals surface area contributed by atoms with E-state index in [2.05, 4.69) is 19.1 Å². The summed E-state index contributed by atoms with van der Waals surface area (Å²) in [5, 5.41) is 21.3. The molecule has 0 aromatic heterocycles. The first kappa shape index (κ1) is 14.8. The van der Waals surface area contributed by atoms with Crippen LogP contribution < -0.4 is 0 Å². The van der Waals surface area contributed by atoms with E-state index in [0.717, 1.165) is 45.1 Å². The fourth-order valence-electron chi connectivity index (χ4n) is 4.64. The molecule has 0 radical (unpaired) electrons. The van der Waals surface area contributed by atoms with E-state index < -0.39 is 5.60 Å². The highest BCUT2D eigenvalue weighted by Gasteiger charge is 2.58. The average Bonchev–Trinajstić information content (AvgIpc) is 2.46. The highest BCUT2D eigenvalue weighted by atomic mass is 16.3. The second-order valence-corrected chi connectivity index (χ2v) is 7.23. The third kappa shape index (κ3) is 2.36. The van der Waals surface area contributed by atoms with Gasteiger partial charge in [-0.25, -0.2) is 0 Å². The normalized spacial score (nSPS) is 39.2. The van der Waals surface area contributed by atoms with Gasteiger partial charge in [-0.1, -0.05) is 30.6 Å². The zero-order chi connectivity index (χ0) is 15.1. The first-order valence-corrected chi connectivity index (χ1v) is 8.35. The van der Waals surface area contributed by atoms with Gasteiger partial charge in [-0.2, -0.15) is 4.58 Å². The van der Waals surface area contributed by atoms with Crippen LogP contribution in [-0.2, 0) is 0 Å². The van der Waals surface area contributed by atoms with Crippen LogP contribution in [0.3, 0.4) is 0 Å². The molecule has 3 rings (SSSR count). The minimum Gasteiger partial charge on any atom is -0.464 e. The highest BCUT2D eigenvalue weighted by Crippen LogP contribution is 2.55. The van der Waals surface area contributed by atoms with Crippen molar-refractivity contribution >= 4 is 5.90 Å². The molecule has 0 spiro atoms. The molecule has 0 aromatic carbocycles. The molecule has 116 valence electrons. The van der Waals surface area contributed by atoms with E-state index in [1.165, 1.54) is 17.6 Å². The number of β-amino-alcohol motifs (C(OH)–C–C–N with tert-alkyl or cyclic N) is 1. The summed E-state index contributed by atoms with van der Waals surface area (Å²) in [5.74, 6) is 0.340. The van der Waals surface area contributed by atoms with Gasteiger partial charge in [0.25, 0.3) is 0 Å². The molecule has 2 aliphatic carbocycles. The molecule has 1 saturated carbocycles.